The van der Waals surface area contributed by atoms with Gasteiger partial charge in [-0.2, -0.15) is 27.2 Å². The summed E-state index contributed by atoms with van der Waals surface area (Å²) in [5.41, 5.74) is 7.28. The number of hydrogen-bond donors (Lipinski definition) is 13. The largest absolute Gasteiger partial charge is 0.490 e. The summed E-state index contributed by atoms with van der Waals surface area (Å²) < 4.78 is 116. The van der Waals surface area contributed by atoms with Gasteiger partial charge in [0.15, 0.2) is 22.3 Å². The second kappa shape index (κ2) is 17.3. The van der Waals surface area contributed by atoms with E-state index in [9.17, 15) is 71.3 Å². The Hall–Kier alpha value is -3.20. The fraction of sp³-hybridized carbons (Fsp3) is 0.500. The third-order valence-electron chi connectivity index (χ3n) is 7.93. The summed E-state index contributed by atoms with van der Waals surface area (Å²) in [5, 5.41) is 10.5. The predicted molar refractivity (Wildman–Crippen MR) is 193 cm³/mol. The maximum Gasteiger partial charge on any atom is 0.490 e. The van der Waals surface area contributed by atoms with Crippen LogP contribution in [-0.2, 0) is 67.7 Å². The number of nitrogens with zero attached hydrogens (tertiary/aromatic N) is 5. The highest BCUT2D eigenvalue weighted by molar-refractivity contribution is 7.67. The standard InChI is InChI=1S/C20H30N10O26P6/c21-18-25-14-12(16(32)27-18)23-5-29(14)10-2-7(9(51-10)4-49-59(40,41)54-61(44,45)53-57(35,36)37)52-60(42,43)56-62(46,47)55-58(38,39)48-3-8-6(31)1-11(50-8)30-15-13(24-20(30)34)17(33)28-19(22)26-15/h5-11,31H,1-4H2,(H,24,34)(H,38,39)(H,40,41)(H,42,43)(H,44,45)(H,46,47)(H2,35,36,37)(H3,21,25,27,32)(H3,22,26,28,33)/t6-,7-,8+,9+,10+,11+/m0/s1. The molecule has 0 saturated carbocycles. The van der Waals surface area contributed by atoms with Gasteiger partial charge in [0.2, 0.25) is 11.9 Å². The minimum atomic E-state index is -6.25. The lowest BCUT2D eigenvalue weighted by Crippen LogP contribution is -2.28. The Labute approximate surface area is 338 Å². The monoisotopic (exact) mass is 1010 g/mol. The number of phosphoric ester groups is 3. The van der Waals surface area contributed by atoms with E-state index in [1.165, 1.54) is 0 Å². The number of phosphoric acid groups is 6. The van der Waals surface area contributed by atoms with E-state index in [1.54, 1.807) is 0 Å². The van der Waals surface area contributed by atoms with Crippen LogP contribution >= 0.6 is 46.9 Å². The second-order valence-electron chi connectivity index (χ2n) is 12.4. The number of anilines is 2. The molecule has 0 spiro atoms. The number of fused-ring (bicyclic) bond motifs is 2. The van der Waals surface area contributed by atoms with Gasteiger partial charge in [0.1, 0.15) is 30.8 Å². The zero-order valence-electron chi connectivity index (χ0n) is 29.9. The highest BCUT2D eigenvalue weighted by atomic mass is 31.3. The van der Waals surface area contributed by atoms with Crippen molar-refractivity contribution >= 4 is 81.2 Å². The Morgan fingerprint density at radius 3 is 1.84 bits per heavy atom. The van der Waals surface area contributed by atoms with Crippen LogP contribution in [0, 0.1) is 0 Å². The molecule has 6 rings (SSSR count). The molecule has 6 heterocycles. The lowest BCUT2D eigenvalue weighted by molar-refractivity contribution is -0.0436. The van der Waals surface area contributed by atoms with Crippen LogP contribution in [0.15, 0.2) is 20.7 Å². The Morgan fingerprint density at radius 1 is 0.694 bits per heavy atom. The highest BCUT2D eigenvalue weighted by Gasteiger charge is 2.49. The third kappa shape index (κ3) is 11.7. The molecule has 2 aliphatic rings. The molecule has 346 valence electrons. The van der Waals surface area contributed by atoms with Gasteiger partial charge in [0, 0.05) is 12.8 Å². The molecule has 0 radical (unpaired) electrons. The summed E-state index contributed by atoms with van der Waals surface area (Å²) >= 11 is 0. The summed E-state index contributed by atoms with van der Waals surface area (Å²) in [6.07, 6.45) is -10.2. The highest BCUT2D eigenvalue weighted by Crippen LogP contribution is 2.69. The molecule has 42 heteroatoms. The number of rotatable bonds is 18. The molecule has 62 heavy (non-hydrogen) atoms. The lowest BCUT2D eigenvalue weighted by Gasteiger charge is -2.23. The van der Waals surface area contributed by atoms with Gasteiger partial charge in [-0.3, -0.25) is 42.7 Å². The first kappa shape index (κ1) is 48.3. The van der Waals surface area contributed by atoms with Crippen molar-refractivity contribution in [2.45, 2.75) is 49.7 Å². The van der Waals surface area contributed by atoms with E-state index in [2.05, 4.69) is 56.2 Å². The number of aromatic nitrogens is 8. The van der Waals surface area contributed by atoms with Crippen LogP contribution in [0.3, 0.4) is 0 Å². The van der Waals surface area contributed by atoms with E-state index in [1.807, 2.05) is 0 Å². The Kier molecular flexibility index (Phi) is 13.5. The summed E-state index contributed by atoms with van der Waals surface area (Å²) in [5.74, 6) is -0.824. The fourth-order valence-corrected chi connectivity index (χ4v) is 12.5. The van der Waals surface area contributed by atoms with Gasteiger partial charge in [0.05, 0.1) is 25.6 Å². The molecule has 5 unspecified atom stereocenters. The molecule has 0 amide bonds. The molecular formula is C20H30N10O26P6. The maximum absolute atomic E-state index is 13.0. The van der Waals surface area contributed by atoms with Crippen molar-refractivity contribution < 1.29 is 107 Å². The van der Waals surface area contributed by atoms with Crippen LogP contribution in [0.5, 0.6) is 0 Å². The number of nitrogens with one attached hydrogen (secondary N) is 3. The maximum atomic E-state index is 13.0. The minimum Gasteiger partial charge on any atom is -0.390 e. The smallest absolute Gasteiger partial charge is 0.390 e. The van der Waals surface area contributed by atoms with Gasteiger partial charge >= 0.3 is 52.6 Å². The number of imidazole rings is 2. The number of nitrogens with two attached hydrogens (primary N) is 2. The first-order valence-corrected chi connectivity index (χ1v) is 25.2. The number of aromatic amines is 3. The SMILES string of the molecule is Nc1nc2c(ncn2[C@H]2C[C@H](OP(=O)(O)OP(=O)(O)OP(=O)(O)OC[C@H]3O[C@@H](n4c(=O)[nH]c5c(=O)[nH]c(N)nc54)C[C@@H]3O)[C@@H](COP(=O)(O)OP(=O)(O)OP(=O)(O)O)O2)c(=O)[nH]1. The van der Waals surface area contributed by atoms with E-state index in [4.69, 9.17) is 35.3 Å². The van der Waals surface area contributed by atoms with Gasteiger partial charge in [-0.25, -0.2) is 41.7 Å². The van der Waals surface area contributed by atoms with Crippen molar-refractivity contribution in [3.8, 4) is 0 Å². The normalized spacial score (nSPS) is 27.1. The molecule has 0 aromatic carbocycles. The number of hydrogen-bond acceptors (Lipinski definition) is 24. The van der Waals surface area contributed by atoms with Gasteiger partial charge in [-0.05, 0) is 0 Å². The second-order valence-corrected chi connectivity index (χ2v) is 21.4. The van der Waals surface area contributed by atoms with Crippen molar-refractivity contribution in [2.75, 3.05) is 24.7 Å². The summed E-state index contributed by atoms with van der Waals surface area (Å²) in [6.45, 7) is -2.49. The molecule has 0 aliphatic carbocycles. The average molecular weight is 1010 g/mol. The van der Waals surface area contributed by atoms with Gasteiger partial charge in [-0.1, -0.05) is 0 Å². The van der Waals surface area contributed by atoms with E-state index < -0.39 is 139 Å². The quantitative estimate of drug-likeness (QED) is 0.0467. The van der Waals surface area contributed by atoms with E-state index in [-0.39, 0.29) is 22.3 Å². The van der Waals surface area contributed by atoms with Gasteiger partial charge < -0.3 is 60.3 Å². The molecule has 2 saturated heterocycles. The first-order chi connectivity index (χ1) is 28.4. The fourth-order valence-electron chi connectivity index (χ4n) is 5.73. The lowest BCUT2D eigenvalue weighted by atomic mass is 10.2. The molecule has 11 atom stereocenters. The van der Waals surface area contributed by atoms with Crippen molar-refractivity contribution in [3.63, 3.8) is 0 Å². The van der Waals surface area contributed by atoms with Gasteiger partial charge in [0.25, 0.3) is 11.1 Å². The molecule has 4 aromatic heterocycles. The Morgan fingerprint density at radius 2 is 1.23 bits per heavy atom. The van der Waals surface area contributed by atoms with E-state index >= 15 is 0 Å². The zero-order valence-corrected chi connectivity index (χ0v) is 35.2. The van der Waals surface area contributed by atoms with Crippen LogP contribution in [0.4, 0.5) is 11.9 Å². The predicted octanol–water partition coefficient (Wildman–Crippen LogP) is -2.27. The average Bonchev–Trinajstić information content (AvgIpc) is 3.84. The topological polar surface area (TPSA) is 546 Å². The molecule has 2 aliphatic heterocycles. The summed E-state index contributed by atoms with van der Waals surface area (Å²) in [4.78, 5) is 123. The zero-order chi connectivity index (χ0) is 46.0. The Bertz CT molecular complexity index is 2850. The minimum absolute atomic E-state index is 0.282. The summed E-state index contributed by atoms with van der Waals surface area (Å²) in [7, 11) is -35.9. The number of aliphatic hydroxyl groups is 1. The summed E-state index contributed by atoms with van der Waals surface area (Å²) in [6, 6.07) is 0. The molecule has 0 bridgehead atoms. The van der Waals surface area contributed by atoms with Crippen molar-refractivity contribution in [1.82, 2.24) is 39.0 Å². The Balaban J connectivity index is 1.13. The number of aliphatic hydroxyl groups excluding tert-OH is 1. The number of ether oxygens (including phenoxy) is 2. The van der Waals surface area contributed by atoms with Gasteiger partial charge in [-0.15, -0.1) is 0 Å². The van der Waals surface area contributed by atoms with Crippen LogP contribution in [-0.4, -0.2) is 116 Å². The van der Waals surface area contributed by atoms with Crippen LogP contribution < -0.4 is 28.3 Å². The molecule has 36 nitrogen and oxygen atoms in total. The molecule has 4 aromatic rings. The molecule has 2 fully saturated rings. The molecule has 15 N–H and O–H groups in total. The van der Waals surface area contributed by atoms with E-state index in [0.29, 0.717) is 0 Å². The number of H-pyrrole nitrogens is 3. The van der Waals surface area contributed by atoms with Crippen molar-refractivity contribution in [2.24, 2.45) is 0 Å². The van der Waals surface area contributed by atoms with E-state index in [0.717, 1.165) is 15.5 Å². The van der Waals surface area contributed by atoms with Crippen LogP contribution in [0.1, 0.15) is 25.3 Å². The first-order valence-electron chi connectivity index (χ1n) is 16.1. The number of nitrogen functional groups attached to an aromatic ring is 2. The van der Waals surface area contributed by atoms with Crippen molar-refractivity contribution in [3.05, 3.63) is 37.5 Å². The van der Waals surface area contributed by atoms with Crippen molar-refractivity contribution in [1.29, 1.82) is 0 Å². The van der Waals surface area contributed by atoms with Crippen LogP contribution in [0.2, 0.25) is 0 Å². The molecular weight excluding hydrogens is 982 g/mol. The third-order valence-corrected chi connectivity index (χ3v) is 16.0. The van der Waals surface area contributed by atoms with Crippen LogP contribution in [0.25, 0.3) is 22.3 Å².